The van der Waals surface area contributed by atoms with E-state index < -0.39 is 12.0 Å². The van der Waals surface area contributed by atoms with Gasteiger partial charge in [0.15, 0.2) is 0 Å². The van der Waals surface area contributed by atoms with Crippen LogP contribution in [-0.4, -0.2) is 46.5 Å². The van der Waals surface area contributed by atoms with Crippen LogP contribution in [0.1, 0.15) is 18.5 Å². The summed E-state index contributed by atoms with van der Waals surface area (Å²) in [6, 6.07) is 7.19. The molecule has 1 atom stereocenters. The van der Waals surface area contributed by atoms with Gasteiger partial charge in [-0.3, -0.25) is 0 Å². The maximum Gasteiger partial charge on any atom is 0.338 e. The van der Waals surface area contributed by atoms with E-state index in [1.165, 1.54) is 0 Å². The third kappa shape index (κ3) is 3.17. The van der Waals surface area contributed by atoms with Crippen molar-refractivity contribution in [2.24, 2.45) is 0 Å². The SMILES string of the molecule is COCCOC(=O)C1=C(C)Nc2nnnn2[C@@H]1c1cccc(Br)c1. The number of allylic oxidation sites excluding steroid dienone is 1. The van der Waals surface area contributed by atoms with E-state index in [4.69, 9.17) is 9.47 Å². The molecule has 0 aliphatic carbocycles. The lowest BCUT2D eigenvalue weighted by Gasteiger charge is -2.27. The number of methoxy groups -OCH3 is 1. The van der Waals surface area contributed by atoms with Crippen molar-refractivity contribution in [3.8, 4) is 0 Å². The van der Waals surface area contributed by atoms with Gasteiger partial charge in [-0.25, -0.2) is 4.79 Å². The Labute approximate surface area is 147 Å². The molecule has 0 radical (unpaired) electrons. The molecule has 0 saturated heterocycles. The summed E-state index contributed by atoms with van der Waals surface area (Å²) >= 11 is 3.46. The first kappa shape index (κ1) is 16.6. The number of aromatic nitrogens is 4. The van der Waals surface area contributed by atoms with Crippen LogP contribution in [0.25, 0.3) is 0 Å². The highest BCUT2D eigenvalue weighted by atomic mass is 79.9. The maximum atomic E-state index is 12.6. The number of carbonyl (C=O) groups is 1. The molecule has 8 nitrogen and oxygen atoms in total. The van der Waals surface area contributed by atoms with Gasteiger partial charge in [0.2, 0.25) is 5.95 Å². The van der Waals surface area contributed by atoms with Crippen LogP contribution in [0.3, 0.4) is 0 Å². The highest BCUT2D eigenvalue weighted by Crippen LogP contribution is 2.35. The molecule has 3 rings (SSSR count). The molecule has 0 bridgehead atoms. The average Bonchev–Trinajstić information content (AvgIpc) is 3.01. The van der Waals surface area contributed by atoms with E-state index in [2.05, 4.69) is 36.8 Å². The lowest BCUT2D eigenvalue weighted by molar-refractivity contribution is -0.140. The van der Waals surface area contributed by atoms with E-state index in [0.717, 1.165) is 10.0 Å². The van der Waals surface area contributed by atoms with Crippen LogP contribution in [0.4, 0.5) is 5.95 Å². The molecule has 1 aliphatic rings. The summed E-state index contributed by atoms with van der Waals surface area (Å²) in [5.74, 6) is 0.0501. The minimum atomic E-state index is -0.469. The van der Waals surface area contributed by atoms with Gasteiger partial charge in [-0.2, -0.15) is 4.68 Å². The fourth-order valence-electron chi connectivity index (χ4n) is 2.56. The summed E-state index contributed by atoms with van der Waals surface area (Å²) in [4.78, 5) is 12.6. The van der Waals surface area contributed by atoms with Crippen molar-refractivity contribution in [1.29, 1.82) is 0 Å². The summed E-state index contributed by atoms with van der Waals surface area (Å²) in [5.41, 5.74) is 1.99. The van der Waals surface area contributed by atoms with Gasteiger partial charge in [0, 0.05) is 17.3 Å². The third-order valence-corrected chi connectivity index (χ3v) is 4.11. The molecule has 0 amide bonds. The number of hydrogen-bond acceptors (Lipinski definition) is 7. The Balaban J connectivity index is 2.02. The number of tetrazole rings is 1. The first-order valence-corrected chi connectivity index (χ1v) is 8.08. The van der Waals surface area contributed by atoms with Gasteiger partial charge in [0.25, 0.3) is 0 Å². The van der Waals surface area contributed by atoms with E-state index in [-0.39, 0.29) is 6.61 Å². The Kier molecular flexibility index (Phi) is 4.91. The molecule has 1 aromatic carbocycles. The minimum Gasteiger partial charge on any atom is -0.460 e. The normalized spacial score (nSPS) is 16.5. The maximum absolute atomic E-state index is 12.6. The van der Waals surface area contributed by atoms with E-state index in [9.17, 15) is 4.79 Å². The molecule has 9 heteroatoms. The van der Waals surface area contributed by atoms with Crippen LogP contribution in [0, 0.1) is 0 Å². The van der Waals surface area contributed by atoms with Gasteiger partial charge in [-0.1, -0.05) is 33.2 Å². The highest BCUT2D eigenvalue weighted by Gasteiger charge is 2.34. The van der Waals surface area contributed by atoms with Crippen molar-refractivity contribution in [3.63, 3.8) is 0 Å². The Morgan fingerprint density at radius 1 is 1.42 bits per heavy atom. The molecule has 0 unspecified atom stereocenters. The van der Waals surface area contributed by atoms with Crippen molar-refractivity contribution in [1.82, 2.24) is 20.2 Å². The first-order valence-electron chi connectivity index (χ1n) is 7.29. The topological polar surface area (TPSA) is 91.2 Å². The Morgan fingerprint density at radius 3 is 3.00 bits per heavy atom. The van der Waals surface area contributed by atoms with Crippen molar-refractivity contribution in [3.05, 3.63) is 45.6 Å². The fourth-order valence-corrected chi connectivity index (χ4v) is 2.97. The lowest BCUT2D eigenvalue weighted by atomic mass is 9.96. The number of halogens is 1. The zero-order chi connectivity index (χ0) is 17.1. The number of rotatable bonds is 5. The van der Waals surface area contributed by atoms with Crippen molar-refractivity contribution >= 4 is 27.8 Å². The van der Waals surface area contributed by atoms with Gasteiger partial charge < -0.3 is 14.8 Å². The summed E-state index contributed by atoms with van der Waals surface area (Å²) < 4.78 is 12.7. The van der Waals surface area contributed by atoms with Crippen LogP contribution in [0.15, 0.2) is 40.0 Å². The predicted octanol–water partition coefficient (Wildman–Crippen LogP) is 1.91. The van der Waals surface area contributed by atoms with Crippen molar-refractivity contribution in [2.45, 2.75) is 13.0 Å². The Morgan fingerprint density at radius 2 is 2.25 bits per heavy atom. The van der Waals surface area contributed by atoms with Crippen LogP contribution in [-0.2, 0) is 14.3 Å². The lowest BCUT2D eigenvalue weighted by Crippen LogP contribution is -2.30. The third-order valence-electron chi connectivity index (χ3n) is 3.62. The van der Waals surface area contributed by atoms with Crippen molar-refractivity contribution in [2.75, 3.05) is 25.6 Å². The number of fused-ring (bicyclic) bond motifs is 1. The predicted molar refractivity (Wildman–Crippen MR) is 89.3 cm³/mol. The Hall–Kier alpha value is -2.26. The molecule has 2 heterocycles. The molecule has 1 aromatic heterocycles. The molecule has 126 valence electrons. The quantitative estimate of drug-likeness (QED) is 0.612. The van der Waals surface area contributed by atoms with Gasteiger partial charge >= 0.3 is 5.97 Å². The second-order valence-electron chi connectivity index (χ2n) is 5.20. The van der Waals surface area contributed by atoms with Gasteiger partial charge in [0.05, 0.1) is 12.2 Å². The molecule has 1 N–H and O–H groups in total. The second kappa shape index (κ2) is 7.10. The van der Waals surface area contributed by atoms with Crippen molar-refractivity contribution < 1.29 is 14.3 Å². The standard InChI is InChI=1S/C15H16BrN5O3/c1-9-12(14(22)24-7-6-23-2)13(10-4-3-5-11(16)8-10)21-15(17-9)18-19-20-21/h3-5,8,13H,6-7H2,1-2H3,(H,17,18,20)/t13-/m1/s1. The molecule has 0 fully saturated rings. The molecule has 2 aromatic rings. The number of benzene rings is 1. The van der Waals surface area contributed by atoms with Gasteiger partial charge in [-0.15, -0.1) is 0 Å². The number of esters is 1. The number of hydrogen-bond donors (Lipinski definition) is 1. The number of nitrogens with zero attached hydrogens (tertiary/aromatic N) is 4. The molecule has 24 heavy (non-hydrogen) atoms. The molecule has 1 aliphatic heterocycles. The Bertz CT molecular complexity index is 789. The second-order valence-corrected chi connectivity index (χ2v) is 6.11. The number of nitrogens with one attached hydrogen (secondary N) is 1. The number of carbonyl (C=O) groups excluding carboxylic acids is 1. The fraction of sp³-hybridized carbons (Fsp3) is 0.333. The van der Waals surface area contributed by atoms with Crippen LogP contribution >= 0.6 is 15.9 Å². The van der Waals surface area contributed by atoms with E-state index in [1.807, 2.05) is 24.3 Å². The van der Waals surface area contributed by atoms with Crippen LogP contribution in [0.5, 0.6) is 0 Å². The summed E-state index contributed by atoms with van der Waals surface area (Å²) in [6.07, 6.45) is 0. The highest BCUT2D eigenvalue weighted by molar-refractivity contribution is 9.10. The first-order chi connectivity index (χ1) is 11.6. The zero-order valence-electron chi connectivity index (χ0n) is 13.2. The van der Waals surface area contributed by atoms with E-state index in [1.54, 1.807) is 18.7 Å². The van der Waals surface area contributed by atoms with E-state index >= 15 is 0 Å². The molecular weight excluding hydrogens is 378 g/mol. The van der Waals surface area contributed by atoms with E-state index in [0.29, 0.717) is 23.8 Å². The molecule has 0 spiro atoms. The summed E-state index contributed by atoms with van der Waals surface area (Å²) in [6.45, 7) is 2.32. The number of anilines is 1. The number of ether oxygens (including phenoxy) is 2. The molecular formula is C15H16BrN5O3. The van der Waals surface area contributed by atoms with Gasteiger partial charge in [-0.05, 0) is 35.0 Å². The van der Waals surface area contributed by atoms with Crippen LogP contribution < -0.4 is 5.32 Å². The monoisotopic (exact) mass is 393 g/mol. The largest absolute Gasteiger partial charge is 0.460 e. The minimum absolute atomic E-state index is 0.180. The van der Waals surface area contributed by atoms with Crippen LogP contribution in [0.2, 0.25) is 0 Å². The zero-order valence-corrected chi connectivity index (χ0v) is 14.8. The summed E-state index contributed by atoms with van der Waals surface area (Å²) in [5, 5.41) is 14.7. The molecule has 0 saturated carbocycles. The smallest absolute Gasteiger partial charge is 0.338 e. The average molecular weight is 394 g/mol. The summed E-state index contributed by atoms with van der Waals surface area (Å²) in [7, 11) is 1.55. The van der Waals surface area contributed by atoms with Gasteiger partial charge in [0.1, 0.15) is 12.6 Å².